The fourth-order valence-corrected chi connectivity index (χ4v) is 5.21. The van der Waals surface area contributed by atoms with E-state index in [1.54, 1.807) is 0 Å². The summed E-state index contributed by atoms with van der Waals surface area (Å²) in [6.07, 6.45) is 5.02. The number of sulfone groups is 1. The molecule has 0 aromatic rings. The molecule has 0 saturated carbocycles. The number of nitrogens with one attached hydrogen (secondary N) is 1. The van der Waals surface area contributed by atoms with Crippen molar-refractivity contribution in [2.45, 2.75) is 39.5 Å². The Labute approximate surface area is 170 Å². The SMILES string of the molecule is CCCC1(C)CCCN(C(=NC)NCCN2CCS(=O)(=O)CC2)C1.I. The minimum absolute atomic E-state index is 0. The fourth-order valence-electron chi connectivity index (χ4n) is 3.94. The predicted molar refractivity (Wildman–Crippen MR) is 116 cm³/mol. The van der Waals surface area contributed by atoms with Crippen molar-refractivity contribution in [2.75, 3.05) is 57.8 Å². The third-order valence-corrected chi connectivity index (χ3v) is 6.90. The van der Waals surface area contributed by atoms with Crippen LogP contribution in [0, 0.1) is 5.41 Å². The largest absolute Gasteiger partial charge is 0.355 e. The maximum absolute atomic E-state index is 11.5. The first kappa shape index (κ1) is 23.0. The van der Waals surface area contributed by atoms with E-state index in [1.165, 1.54) is 25.7 Å². The summed E-state index contributed by atoms with van der Waals surface area (Å²) < 4.78 is 23.0. The van der Waals surface area contributed by atoms with Crippen LogP contribution < -0.4 is 5.32 Å². The van der Waals surface area contributed by atoms with Crippen molar-refractivity contribution in [2.24, 2.45) is 10.4 Å². The Hall–Kier alpha value is -0.0900. The summed E-state index contributed by atoms with van der Waals surface area (Å²) in [6, 6.07) is 0. The predicted octanol–water partition coefficient (Wildman–Crippen LogP) is 1.81. The maximum Gasteiger partial charge on any atom is 0.193 e. The summed E-state index contributed by atoms with van der Waals surface area (Å²) in [4.78, 5) is 9.07. The number of likely N-dealkylation sites (tertiary alicyclic amines) is 1. The highest BCUT2D eigenvalue weighted by Gasteiger charge is 2.31. The molecule has 2 heterocycles. The number of hydrogen-bond donors (Lipinski definition) is 1. The smallest absolute Gasteiger partial charge is 0.193 e. The van der Waals surface area contributed by atoms with Crippen LogP contribution in [0.5, 0.6) is 0 Å². The Bertz CT molecular complexity index is 523. The minimum Gasteiger partial charge on any atom is -0.355 e. The molecule has 2 rings (SSSR count). The Morgan fingerprint density at radius 2 is 1.92 bits per heavy atom. The molecule has 2 saturated heterocycles. The first-order valence-electron chi connectivity index (χ1n) is 9.26. The molecule has 25 heavy (non-hydrogen) atoms. The van der Waals surface area contributed by atoms with Gasteiger partial charge in [-0.15, -0.1) is 24.0 Å². The molecule has 0 aromatic heterocycles. The number of guanidine groups is 1. The van der Waals surface area contributed by atoms with E-state index < -0.39 is 9.84 Å². The van der Waals surface area contributed by atoms with Gasteiger partial charge in [-0.05, 0) is 24.7 Å². The molecule has 2 fully saturated rings. The van der Waals surface area contributed by atoms with Crippen molar-refractivity contribution in [3.8, 4) is 0 Å². The number of piperidine rings is 1. The molecule has 6 nitrogen and oxygen atoms in total. The molecule has 2 aliphatic rings. The Balaban J connectivity index is 0.00000312. The third-order valence-electron chi connectivity index (χ3n) is 5.29. The standard InChI is InChI=1S/C17H34N4O2S.HI/c1-4-6-17(2)7-5-9-21(15-17)16(18-3)19-8-10-20-11-13-24(22,23)14-12-20;/h4-15H2,1-3H3,(H,18,19);1H. The lowest BCUT2D eigenvalue weighted by molar-refractivity contribution is 0.142. The lowest BCUT2D eigenvalue weighted by atomic mass is 9.78. The number of nitrogens with zero attached hydrogens (tertiary/aromatic N) is 3. The molecule has 0 radical (unpaired) electrons. The van der Waals surface area contributed by atoms with Gasteiger partial charge in [0.1, 0.15) is 0 Å². The zero-order chi connectivity index (χ0) is 17.6. The van der Waals surface area contributed by atoms with Gasteiger partial charge in [-0.2, -0.15) is 0 Å². The van der Waals surface area contributed by atoms with Gasteiger partial charge >= 0.3 is 0 Å². The molecule has 0 amide bonds. The molecule has 148 valence electrons. The Morgan fingerprint density at radius 1 is 1.24 bits per heavy atom. The average molecular weight is 486 g/mol. The zero-order valence-electron chi connectivity index (χ0n) is 16.0. The van der Waals surface area contributed by atoms with E-state index in [2.05, 4.69) is 34.0 Å². The molecule has 0 aromatic carbocycles. The van der Waals surface area contributed by atoms with Gasteiger partial charge in [0.25, 0.3) is 0 Å². The first-order valence-corrected chi connectivity index (χ1v) is 11.1. The van der Waals surface area contributed by atoms with Gasteiger partial charge < -0.3 is 10.2 Å². The number of rotatable bonds is 5. The average Bonchev–Trinajstić information content (AvgIpc) is 2.53. The second kappa shape index (κ2) is 10.3. The molecule has 0 aliphatic carbocycles. The number of hydrogen-bond acceptors (Lipinski definition) is 4. The second-order valence-electron chi connectivity index (χ2n) is 7.55. The molecule has 2 aliphatic heterocycles. The normalized spacial score (nSPS) is 27.6. The monoisotopic (exact) mass is 486 g/mol. The number of aliphatic imine (C=N–C) groups is 1. The zero-order valence-corrected chi connectivity index (χ0v) is 19.1. The van der Waals surface area contributed by atoms with Gasteiger partial charge in [-0.1, -0.05) is 20.3 Å². The van der Waals surface area contributed by atoms with Gasteiger partial charge in [0.15, 0.2) is 15.8 Å². The van der Waals surface area contributed by atoms with E-state index in [-0.39, 0.29) is 24.0 Å². The fraction of sp³-hybridized carbons (Fsp3) is 0.941. The molecular formula is C17H35IN4O2S. The summed E-state index contributed by atoms with van der Waals surface area (Å²) in [5.74, 6) is 1.58. The van der Waals surface area contributed by atoms with Gasteiger partial charge in [0, 0.05) is 46.3 Å². The van der Waals surface area contributed by atoms with E-state index in [4.69, 9.17) is 0 Å². The highest BCUT2D eigenvalue weighted by atomic mass is 127. The summed E-state index contributed by atoms with van der Waals surface area (Å²) in [5.41, 5.74) is 0.395. The van der Waals surface area contributed by atoms with Gasteiger partial charge in [0.2, 0.25) is 0 Å². The van der Waals surface area contributed by atoms with Crippen LogP contribution in [0.15, 0.2) is 4.99 Å². The molecule has 0 spiro atoms. The molecule has 1 unspecified atom stereocenters. The van der Waals surface area contributed by atoms with Crippen LogP contribution in [0.1, 0.15) is 39.5 Å². The Kier molecular flexibility index (Phi) is 9.45. The molecule has 0 bridgehead atoms. The van der Waals surface area contributed by atoms with Crippen LogP contribution in [-0.2, 0) is 9.84 Å². The highest BCUT2D eigenvalue weighted by molar-refractivity contribution is 14.0. The minimum atomic E-state index is -2.79. The van der Waals surface area contributed by atoms with E-state index in [0.29, 0.717) is 30.0 Å². The molecule has 1 N–H and O–H groups in total. The summed E-state index contributed by atoms with van der Waals surface area (Å²) >= 11 is 0. The third kappa shape index (κ3) is 7.21. The van der Waals surface area contributed by atoms with E-state index in [0.717, 1.165) is 32.1 Å². The van der Waals surface area contributed by atoms with Crippen LogP contribution in [0.25, 0.3) is 0 Å². The lowest BCUT2D eigenvalue weighted by Crippen LogP contribution is -2.51. The number of halogens is 1. The first-order chi connectivity index (χ1) is 11.4. The van der Waals surface area contributed by atoms with Crippen LogP contribution in [0.4, 0.5) is 0 Å². The van der Waals surface area contributed by atoms with Crippen molar-refractivity contribution < 1.29 is 8.42 Å². The van der Waals surface area contributed by atoms with Crippen molar-refractivity contribution >= 4 is 39.8 Å². The lowest BCUT2D eigenvalue weighted by Gasteiger charge is -2.42. The van der Waals surface area contributed by atoms with Crippen LogP contribution in [0.2, 0.25) is 0 Å². The summed E-state index contributed by atoms with van der Waals surface area (Å²) in [5, 5.41) is 3.47. The van der Waals surface area contributed by atoms with Gasteiger partial charge in [0.05, 0.1) is 11.5 Å². The van der Waals surface area contributed by atoms with E-state index >= 15 is 0 Å². The second-order valence-corrected chi connectivity index (χ2v) is 9.86. The molecule has 8 heteroatoms. The van der Waals surface area contributed by atoms with Crippen molar-refractivity contribution in [1.82, 2.24) is 15.1 Å². The van der Waals surface area contributed by atoms with Crippen LogP contribution in [0.3, 0.4) is 0 Å². The maximum atomic E-state index is 11.5. The summed E-state index contributed by atoms with van der Waals surface area (Å²) in [6.45, 7) is 9.79. The van der Waals surface area contributed by atoms with Crippen molar-refractivity contribution in [3.63, 3.8) is 0 Å². The van der Waals surface area contributed by atoms with Gasteiger partial charge in [-0.25, -0.2) is 8.42 Å². The van der Waals surface area contributed by atoms with Crippen LogP contribution >= 0.6 is 24.0 Å². The topological polar surface area (TPSA) is 65.0 Å². The summed E-state index contributed by atoms with van der Waals surface area (Å²) in [7, 11) is -0.943. The van der Waals surface area contributed by atoms with Crippen LogP contribution in [-0.4, -0.2) is 82.0 Å². The van der Waals surface area contributed by atoms with Crippen molar-refractivity contribution in [1.29, 1.82) is 0 Å². The van der Waals surface area contributed by atoms with Crippen molar-refractivity contribution in [3.05, 3.63) is 0 Å². The highest BCUT2D eigenvalue weighted by Crippen LogP contribution is 2.33. The van der Waals surface area contributed by atoms with E-state index in [9.17, 15) is 8.42 Å². The Morgan fingerprint density at radius 3 is 2.52 bits per heavy atom. The van der Waals surface area contributed by atoms with E-state index in [1.807, 2.05) is 7.05 Å². The van der Waals surface area contributed by atoms with Gasteiger partial charge in [-0.3, -0.25) is 9.89 Å². The molecule has 1 atom stereocenters. The molecular weight excluding hydrogens is 451 g/mol. The quantitative estimate of drug-likeness (QED) is 0.365.